The molecule has 1 aromatic rings. The summed E-state index contributed by atoms with van der Waals surface area (Å²) in [5.41, 5.74) is 0. The summed E-state index contributed by atoms with van der Waals surface area (Å²) in [6.45, 7) is 4.37. The maximum absolute atomic E-state index is 12.9. The molecule has 1 unspecified atom stereocenters. The Morgan fingerprint density at radius 2 is 2.00 bits per heavy atom. The minimum atomic E-state index is -4.22. The van der Waals surface area contributed by atoms with E-state index in [2.05, 4.69) is 15.5 Å². The SMILES string of the molecule is CCCNC(C)c1nnc(C(F)(F)C(F)F)s1. The number of halogens is 4. The highest BCUT2D eigenvalue weighted by atomic mass is 32.1. The van der Waals surface area contributed by atoms with Gasteiger partial charge in [-0.05, 0) is 19.9 Å². The second kappa shape index (κ2) is 5.72. The summed E-state index contributed by atoms with van der Waals surface area (Å²) in [4.78, 5) is 0. The molecule has 0 aliphatic rings. The van der Waals surface area contributed by atoms with Crippen molar-refractivity contribution in [2.24, 2.45) is 0 Å². The molecule has 0 radical (unpaired) electrons. The molecular formula is C9H13F4N3S. The van der Waals surface area contributed by atoms with Gasteiger partial charge in [0.25, 0.3) is 0 Å². The molecule has 0 aromatic carbocycles. The van der Waals surface area contributed by atoms with E-state index in [0.29, 0.717) is 17.9 Å². The number of rotatable bonds is 6. The first-order chi connectivity index (χ1) is 7.89. The molecule has 1 rings (SSSR count). The van der Waals surface area contributed by atoms with Crippen molar-refractivity contribution in [2.45, 2.75) is 38.7 Å². The molecule has 3 nitrogen and oxygen atoms in total. The molecule has 98 valence electrons. The van der Waals surface area contributed by atoms with Gasteiger partial charge < -0.3 is 5.32 Å². The van der Waals surface area contributed by atoms with Gasteiger partial charge in [0.1, 0.15) is 5.01 Å². The lowest BCUT2D eigenvalue weighted by molar-refractivity contribution is -0.135. The smallest absolute Gasteiger partial charge is 0.308 e. The van der Waals surface area contributed by atoms with Crippen LogP contribution in [-0.2, 0) is 5.92 Å². The second-order valence-corrected chi connectivity index (χ2v) is 4.55. The number of alkyl halides is 4. The molecule has 0 bridgehead atoms. The summed E-state index contributed by atoms with van der Waals surface area (Å²) in [6, 6.07) is -0.269. The van der Waals surface area contributed by atoms with Crippen LogP contribution in [0, 0.1) is 0 Å². The first kappa shape index (κ1) is 14.3. The zero-order valence-corrected chi connectivity index (χ0v) is 10.2. The van der Waals surface area contributed by atoms with E-state index in [1.807, 2.05) is 6.92 Å². The Morgan fingerprint density at radius 3 is 2.53 bits per heavy atom. The minimum absolute atomic E-state index is 0.269. The Morgan fingerprint density at radius 1 is 1.35 bits per heavy atom. The number of hydrogen-bond acceptors (Lipinski definition) is 4. The molecule has 1 N–H and O–H groups in total. The molecule has 0 saturated heterocycles. The standard InChI is InChI=1S/C9H13F4N3S/c1-3-4-14-5(2)6-15-16-8(17-6)9(12,13)7(10)11/h5,7,14H,3-4H2,1-2H3. The second-order valence-electron chi connectivity index (χ2n) is 3.54. The van der Waals surface area contributed by atoms with Crippen molar-refractivity contribution in [2.75, 3.05) is 6.54 Å². The normalized spacial score (nSPS) is 14.3. The summed E-state index contributed by atoms with van der Waals surface area (Å²) in [5, 5.41) is 9.01. The zero-order chi connectivity index (χ0) is 13.1. The fourth-order valence-electron chi connectivity index (χ4n) is 1.09. The van der Waals surface area contributed by atoms with Gasteiger partial charge in [-0.3, -0.25) is 0 Å². The average Bonchev–Trinajstić information content (AvgIpc) is 2.75. The Bertz CT molecular complexity index is 356. The molecule has 0 spiro atoms. The number of hydrogen-bond donors (Lipinski definition) is 1. The molecule has 0 aliphatic heterocycles. The molecule has 1 aromatic heterocycles. The van der Waals surface area contributed by atoms with Gasteiger partial charge in [0.15, 0.2) is 5.01 Å². The predicted octanol–water partition coefficient (Wildman–Crippen LogP) is 2.96. The molecule has 0 saturated carbocycles. The van der Waals surface area contributed by atoms with E-state index in [9.17, 15) is 17.6 Å². The quantitative estimate of drug-likeness (QED) is 0.808. The lowest BCUT2D eigenvalue weighted by Gasteiger charge is -2.11. The maximum Gasteiger partial charge on any atom is 0.359 e. The highest BCUT2D eigenvalue weighted by Crippen LogP contribution is 2.36. The average molecular weight is 271 g/mol. The van der Waals surface area contributed by atoms with Gasteiger partial charge in [0, 0.05) is 0 Å². The van der Waals surface area contributed by atoms with Crippen LogP contribution in [0.2, 0.25) is 0 Å². The molecule has 17 heavy (non-hydrogen) atoms. The molecule has 0 amide bonds. The van der Waals surface area contributed by atoms with E-state index in [1.54, 1.807) is 6.92 Å². The van der Waals surface area contributed by atoms with Gasteiger partial charge in [-0.15, -0.1) is 10.2 Å². The van der Waals surface area contributed by atoms with Gasteiger partial charge >= 0.3 is 12.3 Å². The third-order valence-electron chi connectivity index (χ3n) is 2.07. The van der Waals surface area contributed by atoms with Crippen LogP contribution < -0.4 is 5.32 Å². The van der Waals surface area contributed by atoms with E-state index in [4.69, 9.17) is 0 Å². The van der Waals surface area contributed by atoms with E-state index < -0.39 is 17.4 Å². The fourth-order valence-corrected chi connectivity index (χ4v) is 1.93. The third-order valence-corrected chi connectivity index (χ3v) is 3.26. The van der Waals surface area contributed by atoms with Crippen molar-refractivity contribution >= 4 is 11.3 Å². The Kier molecular flexibility index (Phi) is 4.81. The van der Waals surface area contributed by atoms with Crippen LogP contribution in [0.3, 0.4) is 0 Å². The number of aromatic nitrogens is 2. The predicted molar refractivity (Wildman–Crippen MR) is 56.5 cm³/mol. The van der Waals surface area contributed by atoms with Crippen molar-refractivity contribution in [3.63, 3.8) is 0 Å². The largest absolute Gasteiger partial charge is 0.359 e. The zero-order valence-electron chi connectivity index (χ0n) is 9.38. The fraction of sp³-hybridized carbons (Fsp3) is 0.778. The molecular weight excluding hydrogens is 258 g/mol. The Labute approximate surface area is 100 Å². The van der Waals surface area contributed by atoms with Gasteiger partial charge in [-0.2, -0.15) is 8.78 Å². The van der Waals surface area contributed by atoms with E-state index in [1.165, 1.54) is 0 Å². The third kappa shape index (κ3) is 3.35. The molecule has 1 heterocycles. The highest BCUT2D eigenvalue weighted by Gasteiger charge is 2.46. The van der Waals surface area contributed by atoms with E-state index in [0.717, 1.165) is 6.42 Å². The summed E-state index contributed by atoms with van der Waals surface area (Å²) in [7, 11) is 0. The summed E-state index contributed by atoms with van der Waals surface area (Å²) in [6.07, 6.45) is -2.88. The molecule has 0 fully saturated rings. The number of nitrogens with one attached hydrogen (secondary N) is 1. The van der Waals surface area contributed by atoms with Crippen LogP contribution in [-0.4, -0.2) is 23.2 Å². The summed E-state index contributed by atoms with van der Waals surface area (Å²) in [5.74, 6) is -4.22. The van der Waals surface area contributed by atoms with Gasteiger partial charge in [0.05, 0.1) is 6.04 Å². The lowest BCUT2D eigenvalue weighted by atomic mass is 10.3. The van der Waals surface area contributed by atoms with Crippen LogP contribution in [0.1, 0.15) is 36.3 Å². The van der Waals surface area contributed by atoms with Crippen LogP contribution in [0.25, 0.3) is 0 Å². The van der Waals surface area contributed by atoms with Crippen molar-refractivity contribution in [1.29, 1.82) is 0 Å². The first-order valence-electron chi connectivity index (χ1n) is 5.12. The van der Waals surface area contributed by atoms with Crippen molar-refractivity contribution in [3.8, 4) is 0 Å². The van der Waals surface area contributed by atoms with E-state index >= 15 is 0 Å². The van der Waals surface area contributed by atoms with Crippen LogP contribution in [0.15, 0.2) is 0 Å². The lowest BCUT2D eigenvalue weighted by Crippen LogP contribution is -2.23. The van der Waals surface area contributed by atoms with Crippen LogP contribution in [0.4, 0.5) is 17.6 Å². The van der Waals surface area contributed by atoms with Crippen molar-refractivity contribution in [3.05, 3.63) is 10.0 Å². The molecule has 1 atom stereocenters. The first-order valence-corrected chi connectivity index (χ1v) is 5.94. The van der Waals surface area contributed by atoms with Gasteiger partial charge in [-0.1, -0.05) is 18.3 Å². The molecule has 8 heteroatoms. The Hall–Kier alpha value is -0.760. The maximum atomic E-state index is 12.9. The minimum Gasteiger partial charge on any atom is -0.308 e. The van der Waals surface area contributed by atoms with Gasteiger partial charge in [0.2, 0.25) is 0 Å². The van der Waals surface area contributed by atoms with Crippen molar-refractivity contribution in [1.82, 2.24) is 15.5 Å². The summed E-state index contributed by atoms with van der Waals surface area (Å²) >= 11 is 0.512. The topological polar surface area (TPSA) is 37.8 Å². The number of nitrogens with zero attached hydrogens (tertiary/aromatic N) is 2. The van der Waals surface area contributed by atoms with Crippen LogP contribution >= 0.6 is 11.3 Å². The summed E-state index contributed by atoms with van der Waals surface area (Å²) < 4.78 is 50.1. The van der Waals surface area contributed by atoms with E-state index in [-0.39, 0.29) is 11.0 Å². The Balaban J connectivity index is 2.77. The van der Waals surface area contributed by atoms with Crippen LogP contribution in [0.5, 0.6) is 0 Å². The van der Waals surface area contributed by atoms with Gasteiger partial charge in [-0.25, -0.2) is 8.78 Å². The monoisotopic (exact) mass is 271 g/mol. The highest BCUT2D eigenvalue weighted by molar-refractivity contribution is 7.11. The van der Waals surface area contributed by atoms with Crippen molar-refractivity contribution < 1.29 is 17.6 Å². The molecule has 0 aliphatic carbocycles.